The molecule has 37 heavy (non-hydrogen) atoms. The van der Waals surface area contributed by atoms with Gasteiger partial charge in [0.15, 0.2) is 0 Å². The number of nitrogens with zero attached hydrogens (tertiary/aromatic N) is 4. The van der Waals surface area contributed by atoms with Crippen LogP contribution in [0.4, 0.5) is 5.69 Å². The van der Waals surface area contributed by atoms with Crippen molar-refractivity contribution in [2.24, 2.45) is 17.8 Å². The van der Waals surface area contributed by atoms with E-state index in [1.165, 1.54) is 0 Å². The molecule has 3 aromatic heterocycles. The van der Waals surface area contributed by atoms with Crippen LogP contribution in [0.1, 0.15) is 40.6 Å². The second-order valence-electron chi connectivity index (χ2n) is 10.1. The van der Waals surface area contributed by atoms with E-state index in [1.807, 2.05) is 18.2 Å². The zero-order valence-corrected chi connectivity index (χ0v) is 21.2. The summed E-state index contributed by atoms with van der Waals surface area (Å²) in [6.07, 6.45) is 9.83. The molecule has 3 aliphatic rings. The van der Waals surface area contributed by atoms with Crippen molar-refractivity contribution in [1.29, 1.82) is 0 Å². The summed E-state index contributed by atoms with van der Waals surface area (Å²) in [5.74, 6) is 2.01. The molecule has 1 saturated heterocycles. The fourth-order valence-electron chi connectivity index (χ4n) is 5.63. The molecule has 2 unspecified atom stereocenters. The molecule has 7 rings (SSSR count). The first-order valence-electron chi connectivity index (χ1n) is 12.3. The summed E-state index contributed by atoms with van der Waals surface area (Å²) < 4.78 is 5.78. The maximum atomic E-state index is 11.2. The van der Waals surface area contributed by atoms with Crippen LogP contribution in [0.2, 0.25) is 10.0 Å². The van der Waals surface area contributed by atoms with Crippen LogP contribution in [0.15, 0.2) is 53.3 Å². The molecule has 0 spiro atoms. The third-order valence-electron chi connectivity index (χ3n) is 7.80. The third-order valence-corrected chi connectivity index (χ3v) is 8.37. The molecule has 1 N–H and O–H groups in total. The Hall–Kier alpha value is -3.42. The normalized spacial score (nSPS) is 22.6. The smallest absolute Gasteiger partial charge is 0.354 e. The first-order chi connectivity index (χ1) is 18.0. The van der Waals surface area contributed by atoms with E-state index in [0.29, 0.717) is 50.5 Å². The summed E-state index contributed by atoms with van der Waals surface area (Å²) in [5, 5.41) is 15.4. The largest absolute Gasteiger partial charge is 0.477 e. The molecule has 7 nitrogen and oxygen atoms in total. The molecule has 4 aromatic rings. The summed E-state index contributed by atoms with van der Waals surface area (Å²) >= 11 is 12.9. The highest BCUT2D eigenvalue weighted by Crippen LogP contribution is 2.54. The molecule has 1 aromatic carbocycles. The van der Waals surface area contributed by atoms with Crippen LogP contribution in [-0.4, -0.2) is 39.3 Å². The number of allylic oxidation sites excluding steroid dienone is 1. The Labute approximate surface area is 222 Å². The van der Waals surface area contributed by atoms with Gasteiger partial charge < -0.3 is 14.5 Å². The number of anilines is 1. The first-order valence-corrected chi connectivity index (χ1v) is 13.1. The summed E-state index contributed by atoms with van der Waals surface area (Å²) in [6, 6.07) is 9.41. The number of carbonyl (C=O) groups is 1. The van der Waals surface area contributed by atoms with Crippen LogP contribution < -0.4 is 4.90 Å². The highest BCUT2D eigenvalue weighted by Gasteiger charge is 2.54. The van der Waals surface area contributed by atoms with Crippen LogP contribution >= 0.6 is 23.2 Å². The number of pyridine rings is 2. The number of aromatic carboxylic acids is 1. The van der Waals surface area contributed by atoms with Gasteiger partial charge in [0.25, 0.3) is 0 Å². The lowest BCUT2D eigenvalue weighted by Gasteiger charge is -2.22. The van der Waals surface area contributed by atoms with Gasteiger partial charge in [0.1, 0.15) is 17.1 Å². The van der Waals surface area contributed by atoms with E-state index in [9.17, 15) is 9.90 Å². The average Bonchev–Trinajstić information content (AvgIpc) is 3.75. The molecule has 2 aliphatic carbocycles. The predicted molar refractivity (Wildman–Crippen MR) is 142 cm³/mol. The minimum atomic E-state index is -1.01. The standard InChI is InChI=1S/C28H22Cl2N4O3/c29-21-10-31-11-22(30)25(21)26-18(27(37-33-26)14-1-2-14)6-5-17-19-12-34(13-20(17)19)16-4-8-23-15(9-16)3-7-24(32-23)28(35)36/h3-11,14,17,19-20H,1-2,12-13H2,(H,35,36). The number of aromatic nitrogens is 3. The highest BCUT2D eigenvalue weighted by atomic mass is 35.5. The van der Waals surface area contributed by atoms with Gasteiger partial charge in [-0.1, -0.05) is 46.6 Å². The maximum Gasteiger partial charge on any atom is 0.354 e. The van der Waals surface area contributed by atoms with Gasteiger partial charge in [0.05, 0.1) is 15.6 Å². The molecule has 0 radical (unpaired) electrons. The number of rotatable bonds is 6. The lowest BCUT2D eigenvalue weighted by Crippen LogP contribution is -2.23. The monoisotopic (exact) mass is 532 g/mol. The van der Waals surface area contributed by atoms with E-state index >= 15 is 0 Å². The molecular formula is C28H22Cl2N4O3. The van der Waals surface area contributed by atoms with Crippen molar-refractivity contribution in [3.05, 3.63) is 75.9 Å². The Morgan fingerprint density at radius 3 is 2.54 bits per heavy atom. The number of halogens is 2. The number of piperidine rings is 1. The Morgan fingerprint density at radius 2 is 1.84 bits per heavy atom. The van der Waals surface area contributed by atoms with E-state index in [0.717, 1.165) is 48.3 Å². The van der Waals surface area contributed by atoms with Gasteiger partial charge in [-0.25, -0.2) is 9.78 Å². The zero-order valence-electron chi connectivity index (χ0n) is 19.6. The second kappa shape index (κ2) is 8.57. The lowest BCUT2D eigenvalue weighted by molar-refractivity contribution is 0.0691. The van der Waals surface area contributed by atoms with Crippen molar-refractivity contribution in [1.82, 2.24) is 15.1 Å². The molecule has 3 fully saturated rings. The summed E-state index contributed by atoms with van der Waals surface area (Å²) in [6.45, 7) is 1.97. The first kappa shape index (κ1) is 22.8. The van der Waals surface area contributed by atoms with Crippen molar-refractivity contribution in [3.63, 3.8) is 0 Å². The molecule has 2 atom stereocenters. The molecule has 1 aliphatic heterocycles. The highest BCUT2D eigenvalue weighted by molar-refractivity contribution is 6.39. The van der Waals surface area contributed by atoms with Crippen molar-refractivity contribution in [3.8, 4) is 11.3 Å². The van der Waals surface area contributed by atoms with Crippen LogP contribution in [0.25, 0.3) is 28.2 Å². The minimum absolute atomic E-state index is 0.0617. The van der Waals surface area contributed by atoms with E-state index in [-0.39, 0.29) is 5.69 Å². The van der Waals surface area contributed by atoms with Gasteiger partial charge in [-0.3, -0.25) is 4.98 Å². The Bertz CT molecular complexity index is 1560. The van der Waals surface area contributed by atoms with Crippen LogP contribution in [-0.2, 0) is 0 Å². The Balaban J connectivity index is 1.09. The lowest BCUT2D eigenvalue weighted by atomic mass is 10.0. The van der Waals surface area contributed by atoms with Crippen LogP contribution in [0.3, 0.4) is 0 Å². The number of carboxylic acid groups (broad SMARTS) is 1. The van der Waals surface area contributed by atoms with Gasteiger partial charge in [0, 0.05) is 53.6 Å². The molecule has 9 heteroatoms. The minimum Gasteiger partial charge on any atom is -0.477 e. The van der Waals surface area contributed by atoms with E-state index in [1.54, 1.807) is 18.5 Å². The molecule has 0 amide bonds. The van der Waals surface area contributed by atoms with Gasteiger partial charge in [-0.15, -0.1) is 0 Å². The summed E-state index contributed by atoms with van der Waals surface area (Å²) in [7, 11) is 0. The fraction of sp³-hybridized carbons (Fsp3) is 0.286. The van der Waals surface area contributed by atoms with Crippen molar-refractivity contribution >= 4 is 51.8 Å². The molecule has 2 saturated carbocycles. The second-order valence-corrected chi connectivity index (χ2v) is 10.9. The van der Waals surface area contributed by atoms with Gasteiger partial charge in [-0.2, -0.15) is 0 Å². The van der Waals surface area contributed by atoms with E-state index in [4.69, 9.17) is 27.7 Å². The molecule has 4 heterocycles. The Morgan fingerprint density at radius 1 is 1.08 bits per heavy atom. The summed E-state index contributed by atoms with van der Waals surface area (Å²) in [5.41, 5.74) is 4.22. The fourth-order valence-corrected chi connectivity index (χ4v) is 6.18. The van der Waals surface area contributed by atoms with Crippen LogP contribution in [0.5, 0.6) is 0 Å². The van der Waals surface area contributed by atoms with Gasteiger partial charge >= 0.3 is 5.97 Å². The van der Waals surface area contributed by atoms with Crippen molar-refractivity contribution in [2.45, 2.75) is 18.8 Å². The molecule has 186 valence electrons. The summed E-state index contributed by atoms with van der Waals surface area (Å²) in [4.78, 5) is 21.9. The number of benzene rings is 1. The third kappa shape index (κ3) is 3.97. The van der Waals surface area contributed by atoms with Crippen molar-refractivity contribution < 1.29 is 14.4 Å². The Kier molecular flexibility index (Phi) is 5.27. The maximum absolute atomic E-state index is 11.2. The average molecular weight is 533 g/mol. The predicted octanol–water partition coefficient (Wildman–Crippen LogP) is 6.56. The number of hydrogen-bond donors (Lipinski definition) is 1. The number of fused-ring (bicyclic) bond motifs is 2. The quantitative estimate of drug-likeness (QED) is 0.300. The molecule has 0 bridgehead atoms. The number of carboxylic acids is 1. The topological polar surface area (TPSA) is 92.3 Å². The van der Waals surface area contributed by atoms with Crippen LogP contribution in [0, 0.1) is 17.8 Å². The number of hydrogen-bond acceptors (Lipinski definition) is 6. The van der Waals surface area contributed by atoms with Gasteiger partial charge in [0.2, 0.25) is 0 Å². The van der Waals surface area contributed by atoms with Crippen molar-refractivity contribution in [2.75, 3.05) is 18.0 Å². The molecular weight excluding hydrogens is 511 g/mol. The van der Waals surface area contributed by atoms with E-state index < -0.39 is 5.97 Å². The SMILES string of the molecule is O=C(O)c1ccc2cc(N3CC4C(C=Cc5c(-c6c(Cl)cncc6Cl)noc5C5CC5)C4C3)ccc2n1. The van der Waals surface area contributed by atoms with Gasteiger partial charge in [-0.05, 0) is 54.9 Å². The van der Waals surface area contributed by atoms with E-state index in [2.05, 4.69) is 38.2 Å². The zero-order chi connectivity index (χ0) is 25.3.